The average Bonchev–Trinajstić information content (AvgIpc) is 1.98. The number of nitrogens with one attached hydrogen (secondary N) is 1. The van der Waals surface area contributed by atoms with Crippen molar-refractivity contribution < 1.29 is 9.84 Å². The lowest BCUT2D eigenvalue weighted by Gasteiger charge is -2.13. The molecule has 0 aliphatic heterocycles. The Labute approximate surface area is 62.4 Å². The quantitative estimate of drug-likeness (QED) is 0.555. The number of aliphatic hydroxyl groups excluding tert-OH is 1. The van der Waals surface area contributed by atoms with Crippen molar-refractivity contribution in [2.45, 2.75) is 19.4 Å². The predicted molar refractivity (Wildman–Crippen MR) is 41.0 cm³/mol. The smallest absolute Gasteiger partial charge is 0.0638 e. The predicted octanol–water partition coefficient (Wildman–Crippen LogP) is -0.00670. The van der Waals surface area contributed by atoms with E-state index in [0.29, 0.717) is 6.61 Å². The van der Waals surface area contributed by atoms with Gasteiger partial charge < -0.3 is 15.2 Å². The Bertz CT molecular complexity index is 68.6. The van der Waals surface area contributed by atoms with Crippen molar-refractivity contribution in [2.24, 2.45) is 0 Å². The summed E-state index contributed by atoms with van der Waals surface area (Å²) in [6, 6.07) is 0.102. The molecule has 0 fully saturated rings. The Morgan fingerprint density at radius 2 is 2.30 bits per heavy atom. The van der Waals surface area contributed by atoms with E-state index in [9.17, 15) is 0 Å². The van der Waals surface area contributed by atoms with Crippen LogP contribution in [-0.2, 0) is 4.74 Å². The first-order valence-corrected chi connectivity index (χ1v) is 3.68. The number of methoxy groups -OCH3 is 1. The summed E-state index contributed by atoms with van der Waals surface area (Å²) in [5, 5.41) is 11.9. The lowest BCUT2D eigenvalue weighted by molar-refractivity contribution is 0.129. The van der Waals surface area contributed by atoms with Crippen LogP contribution < -0.4 is 5.32 Å². The Kier molecular flexibility index (Phi) is 6.91. The van der Waals surface area contributed by atoms with E-state index in [-0.39, 0.29) is 12.6 Å². The number of aliphatic hydroxyl groups is 1. The van der Waals surface area contributed by atoms with E-state index in [0.717, 1.165) is 13.0 Å². The highest BCUT2D eigenvalue weighted by Crippen LogP contribution is 1.83. The summed E-state index contributed by atoms with van der Waals surface area (Å²) >= 11 is 0. The van der Waals surface area contributed by atoms with Crippen molar-refractivity contribution in [1.82, 2.24) is 5.32 Å². The fourth-order valence-corrected chi connectivity index (χ4v) is 0.726. The Morgan fingerprint density at radius 3 is 2.70 bits per heavy atom. The van der Waals surface area contributed by atoms with Gasteiger partial charge in [0, 0.05) is 7.11 Å². The monoisotopic (exact) mass is 147 g/mol. The zero-order valence-electron chi connectivity index (χ0n) is 6.76. The Morgan fingerprint density at radius 1 is 1.60 bits per heavy atom. The number of ether oxygens (including phenoxy) is 1. The first kappa shape index (κ1) is 9.88. The minimum atomic E-state index is 0.102. The molecule has 0 amide bonds. The molecule has 0 saturated carbocycles. The van der Waals surface area contributed by atoms with Gasteiger partial charge in [0.2, 0.25) is 0 Å². The van der Waals surface area contributed by atoms with Crippen molar-refractivity contribution in [2.75, 3.05) is 26.9 Å². The number of hydrogen-bond donors (Lipinski definition) is 2. The largest absolute Gasteiger partial charge is 0.395 e. The van der Waals surface area contributed by atoms with E-state index in [1.807, 2.05) is 0 Å². The summed E-state index contributed by atoms with van der Waals surface area (Å²) in [5.41, 5.74) is 0. The molecule has 0 bridgehead atoms. The normalized spacial score (nSPS) is 13.5. The lowest BCUT2D eigenvalue weighted by atomic mass is 10.3. The van der Waals surface area contributed by atoms with Crippen LogP contribution in [0.5, 0.6) is 0 Å². The van der Waals surface area contributed by atoms with Crippen LogP contribution in [0.2, 0.25) is 0 Å². The first-order valence-electron chi connectivity index (χ1n) is 3.68. The maximum absolute atomic E-state index is 8.74. The second kappa shape index (κ2) is 6.99. The Balaban J connectivity index is 3.21. The van der Waals surface area contributed by atoms with Gasteiger partial charge in [-0.05, 0) is 13.0 Å². The van der Waals surface area contributed by atoms with Gasteiger partial charge in [-0.3, -0.25) is 0 Å². The maximum Gasteiger partial charge on any atom is 0.0638 e. The molecule has 3 nitrogen and oxygen atoms in total. The highest BCUT2D eigenvalue weighted by molar-refractivity contribution is 4.62. The van der Waals surface area contributed by atoms with Gasteiger partial charge in [-0.15, -0.1) is 0 Å². The summed E-state index contributed by atoms with van der Waals surface area (Å²) in [6.45, 7) is 3.76. The summed E-state index contributed by atoms with van der Waals surface area (Å²) in [7, 11) is 1.64. The van der Waals surface area contributed by atoms with Gasteiger partial charge in [-0.25, -0.2) is 0 Å². The minimum absolute atomic E-state index is 0.102. The summed E-state index contributed by atoms with van der Waals surface area (Å²) in [5.74, 6) is 0. The van der Waals surface area contributed by atoms with E-state index < -0.39 is 0 Å². The average molecular weight is 147 g/mol. The van der Waals surface area contributed by atoms with Gasteiger partial charge >= 0.3 is 0 Å². The molecule has 1 atom stereocenters. The van der Waals surface area contributed by atoms with Gasteiger partial charge in [-0.1, -0.05) is 6.92 Å². The molecule has 0 aromatic carbocycles. The summed E-state index contributed by atoms with van der Waals surface area (Å²) in [4.78, 5) is 0. The third-order valence-electron chi connectivity index (χ3n) is 1.27. The molecular formula is C7H17NO2. The summed E-state index contributed by atoms with van der Waals surface area (Å²) in [6.07, 6.45) is 1.08. The molecule has 0 radical (unpaired) electrons. The highest BCUT2D eigenvalue weighted by atomic mass is 16.5. The van der Waals surface area contributed by atoms with E-state index in [2.05, 4.69) is 12.2 Å². The van der Waals surface area contributed by atoms with Crippen molar-refractivity contribution in [3.63, 3.8) is 0 Å². The fraction of sp³-hybridized carbons (Fsp3) is 1.00. The third-order valence-corrected chi connectivity index (χ3v) is 1.27. The van der Waals surface area contributed by atoms with Gasteiger partial charge in [0.1, 0.15) is 0 Å². The third kappa shape index (κ3) is 4.73. The van der Waals surface area contributed by atoms with Crippen LogP contribution in [0.1, 0.15) is 13.3 Å². The minimum Gasteiger partial charge on any atom is -0.395 e. The first-order chi connectivity index (χ1) is 4.85. The molecule has 0 aliphatic rings. The molecule has 0 aromatic heterocycles. The van der Waals surface area contributed by atoms with Crippen LogP contribution in [0.3, 0.4) is 0 Å². The van der Waals surface area contributed by atoms with Crippen LogP contribution in [0.15, 0.2) is 0 Å². The van der Waals surface area contributed by atoms with Crippen molar-refractivity contribution >= 4 is 0 Å². The second-order valence-corrected chi connectivity index (χ2v) is 2.29. The van der Waals surface area contributed by atoms with E-state index >= 15 is 0 Å². The molecular weight excluding hydrogens is 130 g/mol. The molecule has 0 aliphatic carbocycles. The Hall–Kier alpha value is -0.120. The molecule has 0 spiro atoms. The van der Waals surface area contributed by atoms with E-state index in [1.165, 1.54) is 0 Å². The maximum atomic E-state index is 8.74. The van der Waals surface area contributed by atoms with Crippen LogP contribution in [-0.4, -0.2) is 38.0 Å². The van der Waals surface area contributed by atoms with Gasteiger partial charge in [0.25, 0.3) is 0 Å². The topological polar surface area (TPSA) is 41.5 Å². The fourth-order valence-electron chi connectivity index (χ4n) is 0.726. The number of hydrogen-bond acceptors (Lipinski definition) is 3. The van der Waals surface area contributed by atoms with Gasteiger partial charge in [0.15, 0.2) is 0 Å². The van der Waals surface area contributed by atoms with Crippen molar-refractivity contribution in [1.29, 1.82) is 0 Å². The SMILES string of the molecule is CCCNC(CO)COC. The van der Waals surface area contributed by atoms with Gasteiger partial charge in [-0.2, -0.15) is 0 Å². The summed E-state index contributed by atoms with van der Waals surface area (Å²) < 4.78 is 4.87. The van der Waals surface area contributed by atoms with Crippen molar-refractivity contribution in [3.8, 4) is 0 Å². The second-order valence-electron chi connectivity index (χ2n) is 2.29. The van der Waals surface area contributed by atoms with E-state index in [1.54, 1.807) is 7.11 Å². The van der Waals surface area contributed by atoms with Crippen LogP contribution in [0.25, 0.3) is 0 Å². The zero-order chi connectivity index (χ0) is 7.82. The van der Waals surface area contributed by atoms with Crippen LogP contribution in [0.4, 0.5) is 0 Å². The van der Waals surface area contributed by atoms with Crippen molar-refractivity contribution in [3.05, 3.63) is 0 Å². The molecule has 62 valence electrons. The molecule has 0 heterocycles. The molecule has 2 N–H and O–H groups in total. The molecule has 0 aromatic rings. The van der Waals surface area contributed by atoms with Crippen LogP contribution in [0, 0.1) is 0 Å². The molecule has 1 unspecified atom stereocenters. The molecule has 10 heavy (non-hydrogen) atoms. The van der Waals surface area contributed by atoms with E-state index in [4.69, 9.17) is 9.84 Å². The lowest BCUT2D eigenvalue weighted by Crippen LogP contribution is -2.36. The molecule has 0 rings (SSSR count). The highest BCUT2D eigenvalue weighted by Gasteiger charge is 2.02. The standard InChI is InChI=1S/C7H17NO2/c1-3-4-8-7(5-9)6-10-2/h7-9H,3-6H2,1-2H3. The van der Waals surface area contributed by atoms with Crippen LogP contribution >= 0.6 is 0 Å². The molecule has 0 saturated heterocycles. The van der Waals surface area contributed by atoms with Gasteiger partial charge in [0.05, 0.1) is 19.3 Å². The molecule has 3 heteroatoms. The zero-order valence-corrected chi connectivity index (χ0v) is 6.76. The number of rotatable bonds is 6.